The van der Waals surface area contributed by atoms with E-state index >= 15 is 0 Å². The van der Waals surface area contributed by atoms with Gasteiger partial charge in [0, 0.05) is 12.6 Å². The molecule has 1 rings (SSSR count). The number of nitrogens with zero attached hydrogens (tertiary/aromatic N) is 1. The second kappa shape index (κ2) is 6.71. The van der Waals surface area contributed by atoms with Crippen LogP contribution in [0.4, 0.5) is 0 Å². The van der Waals surface area contributed by atoms with Gasteiger partial charge in [-0.3, -0.25) is 4.79 Å². The first-order valence-electron chi connectivity index (χ1n) is 7.35. The van der Waals surface area contributed by atoms with E-state index in [9.17, 15) is 4.79 Å². The highest BCUT2D eigenvalue weighted by atomic mass is 16.5. The molecule has 0 bridgehead atoms. The Hall–Kier alpha value is -0.610. The lowest BCUT2D eigenvalue weighted by molar-refractivity contribution is -0.148. The van der Waals surface area contributed by atoms with Crippen LogP contribution in [0.15, 0.2) is 0 Å². The molecule has 1 heterocycles. The normalized spacial score (nSPS) is 25.3. The summed E-state index contributed by atoms with van der Waals surface area (Å²) in [5, 5.41) is 3.12. The van der Waals surface area contributed by atoms with E-state index in [1.807, 2.05) is 14.0 Å². The van der Waals surface area contributed by atoms with Crippen LogP contribution in [0.2, 0.25) is 0 Å². The van der Waals surface area contributed by atoms with E-state index in [0.717, 1.165) is 31.3 Å². The Balaban J connectivity index is 2.59. The maximum atomic E-state index is 11.9. The van der Waals surface area contributed by atoms with Crippen molar-refractivity contribution in [1.82, 2.24) is 10.2 Å². The zero-order valence-corrected chi connectivity index (χ0v) is 13.3. The number of nitrogens with one attached hydrogen (secondary N) is 1. The van der Waals surface area contributed by atoms with Crippen molar-refractivity contribution in [2.24, 2.45) is 11.8 Å². The Kier molecular flexibility index (Phi) is 5.81. The number of esters is 1. The van der Waals surface area contributed by atoms with Gasteiger partial charge in [0.05, 0.1) is 7.11 Å². The fourth-order valence-corrected chi connectivity index (χ4v) is 2.99. The molecule has 3 atom stereocenters. The standard InChI is InChI=1S/C15H30N2O2/c1-11(2)13-7-8-17(10-13)12(3)9-15(4,16-5)14(18)19-6/h11-13,16H,7-10H2,1-6H3. The predicted molar refractivity (Wildman–Crippen MR) is 78.1 cm³/mol. The Morgan fingerprint density at radius 2 is 2.11 bits per heavy atom. The van der Waals surface area contributed by atoms with E-state index in [4.69, 9.17) is 4.74 Å². The first-order chi connectivity index (χ1) is 8.84. The van der Waals surface area contributed by atoms with Crippen LogP contribution in [0.3, 0.4) is 0 Å². The number of carbonyl (C=O) groups is 1. The maximum absolute atomic E-state index is 11.9. The molecule has 0 saturated carbocycles. The zero-order chi connectivity index (χ0) is 14.6. The summed E-state index contributed by atoms with van der Waals surface area (Å²) in [4.78, 5) is 14.4. The Bertz CT molecular complexity index is 307. The van der Waals surface area contributed by atoms with Crippen LogP contribution < -0.4 is 5.32 Å². The first-order valence-corrected chi connectivity index (χ1v) is 7.35. The quantitative estimate of drug-likeness (QED) is 0.749. The number of hydrogen-bond donors (Lipinski definition) is 1. The number of rotatable bonds is 6. The van der Waals surface area contributed by atoms with Crippen LogP contribution in [0.25, 0.3) is 0 Å². The highest BCUT2D eigenvalue weighted by Crippen LogP contribution is 2.27. The molecule has 0 spiro atoms. The SMILES string of the molecule is CNC(C)(CC(C)N1CCC(C(C)C)C1)C(=O)OC. The Morgan fingerprint density at radius 1 is 1.47 bits per heavy atom. The third-order valence-electron chi connectivity index (χ3n) is 4.71. The number of likely N-dealkylation sites (N-methyl/N-ethyl adjacent to an activating group) is 1. The van der Waals surface area contributed by atoms with E-state index in [1.165, 1.54) is 13.5 Å². The van der Waals surface area contributed by atoms with Gasteiger partial charge in [-0.1, -0.05) is 13.8 Å². The highest BCUT2D eigenvalue weighted by Gasteiger charge is 2.37. The maximum Gasteiger partial charge on any atom is 0.325 e. The molecule has 4 heteroatoms. The third-order valence-corrected chi connectivity index (χ3v) is 4.71. The molecule has 0 aliphatic carbocycles. The van der Waals surface area contributed by atoms with Crippen LogP contribution >= 0.6 is 0 Å². The lowest BCUT2D eigenvalue weighted by Gasteiger charge is -2.33. The molecule has 0 aromatic heterocycles. The van der Waals surface area contributed by atoms with Crippen LogP contribution in [0, 0.1) is 11.8 Å². The minimum Gasteiger partial charge on any atom is -0.468 e. The fraction of sp³-hybridized carbons (Fsp3) is 0.933. The summed E-state index contributed by atoms with van der Waals surface area (Å²) in [7, 11) is 3.28. The monoisotopic (exact) mass is 270 g/mol. The smallest absolute Gasteiger partial charge is 0.325 e. The van der Waals surface area contributed by atoms with Gasteiger partial charge in [-0.05, 0) is 52.1 Å². The summed E-state index contributed by atoms with van der Waals surface area (Å²) in [6.45, 7) is 11.0. The number of likely N-dealkylation sites (tertiary alicyclic amines) is 1. The molecule has 1 saturated heterocycles. The van der Waals surface area contributed by atoms with E-state index in [1.54, 1.807) is 0 Å². The second-order valence-corrected chi connectivity index (χ2v) is 6.41. The second-order valence-electron chi connectivity index (χ2n) is 6.41. The third kappa shape index (κ3) is 3.93. The summed E-state index contributed by atoms with van der Waals surface area (Å²) in [6, 6.07) is 0.389. The van der Waals surface area contributed by atoms with Crippen molar-refractivity contribution in [2.45, 2.75) is 52.1 Å². The summed E-state index contributed by atoms with van der Waals surface area (Å²) in [5.74, 6) is 1.36. The molecular formula is C15H30N2O2. The first kappa shape index (κ1) is 16.4. The lowest BCUT2D eigenvalue weighted by atomic mass is 9.92. The van der Waals surface area contributed by atoms with Crippen LogP contribution in [-0.4, -0.2) is 49.7 Å². The topological polar surface area (TPSA) is 41.6 Å². The Morgan fingerprint density at radius 3 is 2.53 bits per heavy atom. The van der Waals surface area contributed by atoms with E-state index in [0.29, 0.717) is 6.04 Å². The molecule has 0 amide bonds. The van der Waals surface area contributed by atoms with Gasteiger partial charge in [0.1, 0.15) is 5.54 Å². The van der Waals surface area contributed by atoms with Crippen molar-refractivity contribution in [2.75, 3.05) is 27.2 Å². The molecule has 1 N–H and O–H groups in total. The summed E-state index contributed by atoms with van der Waals surface area (Å²) < 4.78 is 4.91. The van der Waals surface area contributed by atoms with Crippen LogP contribution in [0.1, 0.15) is 40.5 Å². The van der Waals surface area contributed by atoms with Gasteiger partial charge in [-0.25, -0.2) is 0 Å². The fourth-order valence-electron chi connectivity index (χ4n) is 2.99. The molecule has 1 fully saturated rings. The van der Waals surface area contributed by atoms with E-state index in [2.05, 4.69) is 31.0 Å². The van der Waals surface area contributed by atoms with Crippen LogP contribution in [0.5, 0.6) is 0 Å². The molecule has 1 aliphatic rings. The van der Waals surface area contributed by atoms with Gasteiger partial charge in [0.2, 0.25) is 0 Å². The molecular weight excluding hydrogens is 240 g/mol. The van der Waals surface area contributed by atoms with Crippen molar-refractivity contribution >= 4 is 5.97 Å². The number of hydrogen-bond acceptors (Lipinski definition) is 4. The van der Waals surface area contributed by atoms with Crippen molar-refractivity contribution in [3.63, 3.8) is 0 Å². The average molecular weight is 270 g/mol. The van der Waals surface area contributed by atoms with Gasteiger partial charge >= 0.3 is 5.97 Å². The van der Waals surface area contributed by atoms with Crippen molar-refractivity contribution < 1.29 is 9.53 Å². The molecule has 0 radical (unpaired) electrons. The molecule has 4 nitrogen and oxygen atoms in total. The summed E-state index contributed by atoms with van der Waals surface area (Å²) in [5.41, 5.74) is -0.593. The minimum atomic E-state index is -0.593. The van der Waals surface area contributed by atoms with Gasteiger partial charge in [-0.15, -0.1) is 0 Å². The average Bonchev–Trinajstić information content (AvgIpc) is 2.87. The van der Waals surface area contributed by atoms with Crippen LogP contribution in [-0.2, 0) is 9.53 Å². The van der Waals surface area contributed by atoms with Gasteiger partial charge in [-0.2, -0.15) is 0 Å². The minimum absolute atomic E-state index is 0.179. The molecule has 0 aromatic carbocycles. The summed E-state index contributed by atoms with van der Waals surface area (Å²) in [6.07, 6.45) is 2.05. The van der Waals surface area contributed by atoms with Gasteiger partial charge in [0.15, 0.2) is 0 Å². The van der Waals surface area contributed by atoms with E-state index < -0.39 is 5.54 Å². The van der Waals surface area contributed by atoms with Crippen molar-refractivity contribution in [1.29, 1.82) is 0 Å². The molecule has 1 aliphatic heterocycles. The highest BCUT2D eigenvalue weighted by molar-refractivity contribution is 5.80. The van der Waals surface area contributed by atoms with E-state index in [-0.39, 0.29) is 5.97 Å². The van der Waals surface area contributed by atoms with Gasteiger partial charge in [0.25, 0.3) is 0 Å². The van der Waals surface area contributed by atoms with Gasteiger partial charge < -0.3 is 15.0 Å². The molecule has 0 aromatic rings. The summed E-state index contributed by atoms with van der Waals surface area (Å²) >= 11 is 0. The number of ether oxygens (including phenoxy) is 1. The number of carbonyl (C=O) groups excluding carboxylic acids is 1. The molecule has 19 heavy (non-hydrogen) atoms. The number of methoxy groups -OCH3 is 1. The molecule has 112 valence electrons. The predicted octanol–water partition coefficient (Wildman–Crippen LogP) is 1.89. The molecule has 3 unspecified atom stereocenters. The largest absolute Gasteiger partial charge is 0.468 e. The zero-order valence-electron chi connectivity index (χ0n) is 13.3. The lowest BCUT2D eigenvalue weighted by Crippen LogP contribution is -2.52. The van der Waals surface area contributed by atoms with Crippen molar-refractivity contribution in [3.8, 4) is 0 Å². The van der Waals surface area contributed by atoms with Crippen molar-refractivity contribution in [3.05, 3.63) is 0 Å². The Labute approximate surface area is 117 Å².